The summed E-state index contributed by atoms with van der Waals surface area (Å²) in [5.41, 5.74) is 0.235. The second-order valence-corrected chi connectivity index (χ2v) is 6.33. The molecule has 1 aliphatic heterocycles. The molecule has 0 bridgehead atoms. The molecule has 1 N–H and O–H groups in total. The zero-order valence-electron chi connectivity index (χ0n) is 14.4. The molecule has 8 heteroatoms. The molecule has 2 heterocycles. The minimum absolute atomic E-state index is 0.133. The number of amides is 2. The maximum Gasteiger partial charge on any atom is 0.256 e. The molecule has 1 aliphatic rings. The maximum absolute atomic E-state index is 13.8. The zero-order chi connectivity index (χ0) is 19.4. The number of aromatic nitrogens is 1. The largest absolute Gasteiger partial charge is 0.350 e. The summed E-state index contributed by atoms with van der Waals surface area (Å²) in [4.78, 5) is 30.1. The lowest BCUT2D eigenvalue weighted by Crippen LogP contribution is -2.43. The lowest BCUT2D eigenvalue weighted by molar-refractivity contribution is -0.126. The summed E-state index contributed by atoms with van der Waals surface area (Å²) in [6.07, 6.45) is 2.46. The Morgan fingerprint density at radius 1 is 1.07 bits per heavy atom. The van der Waals surface area contributed by atoms with E-state index in [4.69, 9.17) is 0 Å². The van der Waals surface area contributed by atoms with Crippen LogP contribution in [0.25, 0.3) is 0 Å². The molecule has 1 fully saturated rings. The molecular weight excluding hydrogens is 359 g/mol. The first-order valence-electron chi connectivity index (χ1n) is 8.57. The van der Waals surface area contributed by atoms with Gasteiger partial charge >= 0.3 is 0 Å². The van der Waals surface area contributed by atoms with Gasteiger partial charge in [-0.25, -0.2) is 13.2 Å². The predicted molar refractivity (Wildman–Crippen MR) is 91.0 cm³/mol. The first-order chi connectivity index (χ1) is 13.0. The van der Waals surface area contributed by atoms with Gasteiger partial charge in [0.05, 0.1) is 17.8 Å². The molecule has 3 rings (SSSR count). The number of nitrogens with one attached hydrogen (secondary N) is 1. The summed E-state index contributed by atoms with van der Waals surface area (Å²) in [5, 5.41) is 2.81. The number of halogens is 3. The van der Waals surface area contributed by atoms with Crippen molar-refractivity contribution in [2.24, 2.45) is 5.92 Å². The van der Waals surface area contributed by atoms with Crippen LogP contribution in [-0.2, 0) is 11.3 Å². The van der Waals surface area contributed by atoms with E-state index >= 15 is 0 Å². The number of carbonyl (C=O) groups excluding carboxylic acids is 2. The first-order valence-corrected chi connectivity index (χ1v) is 8.57. The molecule has 1 aromatic heterocycles. The van der Waals surface area contributed by atoms with E-state index in [-0.39, 0.29) is 24.9 Å². The average Bonchev–Trinajstić information content (AvgIpc) is 2.71. The number of piperidine rings is 1. The van der Waals surface area contributed by atoms with Gasteiger partial charge in [0.15, 0.2) is 17.5 Å². The Balaban J connectivity index is 1.54. The molecule has 5 nitrogen and oxygen atoms in total. The van der Waals surface area contributed by atoms with E-state index in [9.17, 15) is 22.8 Å². The van der Waals surface area contributed by atoms with Crippen molar-refractivity contribution in [3.05, 3.63) is 65.2 Å². The summed E-state index contributed by atoms with van der Waals surface area (Å²) < 4.78 is 40.1. The van der Waals surface area contributed by atoms with Crippen molar-refractivity contribution in [1.82, 2.24) is 15.2 Å². The highest BCUT2D eigenvalue weighted by molar-refractivity contribution is 5.94. The van der Waals surface area contributed by atoms with Gasteiger partial charge in [-0.1, -0.05) is 6.07 Å². The van der Waals surface area contributed by atoms with Crippen LogP contribution in [0.2, 0.25) is 0 Å². The van der Waals surface area contributed by atoms with Crippen molar-refractivity contribution in [1.29, 1.82) is 0 Å². The maximum atomic E-state index is 13.8. The van der Waals surface area contributed by atoms with Gasteiger partial charge in [0, 0.05) is 25.2 Å². The smallest absolute Gasteiger partial charge is 0.256 e. The quantitative estimate of drug-likeness (QED) is 0.834. The van der Waals surface area contributed by atoms with Gasteiger partial charge in [-0.05, 0) is 37.1 Å². The van der Waals surface area contributed by atoms with E-state index in [2.05, 4.69) is 10.3 Å². The van der Waals surface area contributed by atoms with Gasteiger partial charge in [0.2, 0.25) is 5.91 Å². The summed E-state index contributed by atoms with van der Waals surface area (Å²) in [7, 11) is 0. The minimum Gasteiger partial charge on any atom is -0.350 e. The van der Waals surface area contributed by atoms with Crippen molar-refractivity contribution >= 4 is 11.8 Å². The van der Waals surface area contributed by atoms with Crippen LogP contribution >= 0.6 is 0 Å². The summed E-state index contributed by atoms with van der Waals surface area (Å²) in [6.45, 7) is 0.788. The van der Waals surface area contributed by atoms with Crippen molar-refractivity contribution in [3.8, 4) is 0 Å². The van der Waals surface area contributed by atoms with Gasteiger partial charge in [-0.2, -0.15) is 0 Å². The first kappa shape index (κ1) is 18.9. The Morgan fingerprint density at radius 2 is 1.81 bits per heavy atom. The van der Waals surface area contributed by atoms with Crippen LogP contribution in [0.5, 0.6) is 0 Å². The molecule has 0 atom stereocenters. The molecule has 2 aromatic rings. The number of pyridine rings is 1. The third-order valence-electron chi connectivity index (χ3n) is 4.59. The normalized spacial score (nSPS) is 14.9. The molecule has 1 aromatic carbocycles. The summed E-state index contributed by atoms with van der Waals surface area (Å²) in [5.74, 6) is -5.61. The lowest BCUT2D eigenvalue weighted by atomic mass is 9.95. The second kappa shape index (κ2) is 8.20. The van der Waals surface area contributed by atoms with E-state index < -0.39 is 28.9 Å². The molecule has 2 amide bonds. The van der Waals surface area contributed by atoms with Crippen LogP contribution in [0, 0.1) is 23.4 Å². The molecule has 1 saturated heterocycles. The Morgan fingerprint density at radius 3 is 2.48 bits per heavy atom. The summed E-state index contributed by atoms with van der Waals surface area (Å²) in [6, 6.07) is 7.08. The molecule has 0 radical (unpaired) electrons. The monoisotopic (exact) mass is 377 g/mol. The standard InChI is InChI=1S/C19H18F3N3O2/c20-15-5-4-14(16(21)17(15)22)19(27)25-9-6-12(7-10-25)18(26)24-11-13-3-1-2-8-23-13/h1-5,8,12H,6-7,9-11H2,(H,24,26). The highest BCUT2D eigenvalue weighted by Gasteiger charge is 2.29. The van der Waals surface area contributed by atoms with Gasteiger partial charge in [0.25, 0.3) is 5.91 Å². The minimum atomic E-state index is -1.66. The van der Waals surface area contributed by atoms with Crippen molar-refractivity contribution in [2.75, 3.05) is 13.1 Å². The SMILES string of the molecule is O=C(NCc1ccccn1)C1CCN(C(=O)c2ccc(F)c(F)c2F)CC1. The fourth-order valence-electron chi connectivity index (χ4n) is 3.03. The molecule has 0 unspecified atom stereocenters. The van der Waals surface area contributed by atoms with E-state index in [1.54, 1.807) is 18.3 Å². The number of carbonyl (C=O) groups is 2. The Hall–Kier alpha value is -2.90. The van der Waals surface area contributed by atoms with Gasteiger partial charge < -0.3 is 10.2 Å². The van der Waals surface area contributed by atoms with E-state index in [1.807, 2.05) is 6.07 Å². The number of benzene rings is 1. The highest BCUT2D eigenvalue weighted by Crippen LogP contribution is 2.22. The van der Waals surface area contributed by atoms with Crippen LogP contribution < -0.4 is 5.32 Å². The van der Waals surface area contributed by atoms with E-state index in [1.165, 1.54) is 4.90 Å². The van der Waals surface area contributed by atoms with Crippen molar-refractivity contribution < 1.29 is 22.8 Å². The number of hydrogen-bond donors (Lipinski definition) is 1. The molecule has 0 spiro atoms. The third kappa shape index (κ3) is 4.27. The fourth-order valence-corrected chi connectivity index (χ4v) is 3.03. The van der Waals surface area contributed by atoms with Crippen LogP contribution in [0.15, 0.2) is 36.5 Å². The van der Waals surface area contributed by atoms with Gasteiger partial charge in [-0.3, -0.25) is 14.6 Å². The topological polar surface area (TPSA) is 62.3 Å². The Labute approximate surface area is 154 Å². The van der Waals surface area contributed by atoms with Gasteiger partial charge in [0.1, 0.15) is 0 Å². The second-order valence-electron chi connectivity index (χ2n) is 6.33. The molecule has 142 valence electrons. The summed E-state index contributed by atoms with van der Waals surface area (Å²) >= 11 is 0. The molecule has 0 aliphatic carbocycles. The molecule has 27 heavy (non-hydrogen) atoms. The van der Waals surface area contributed by atoms with E-state index in [0.717, 1.165) is 17.8 Å². The number of rotatable bonds is 4. The van der Waals surface area contributed by atoms with Crippen LogP contribution in [0.4, 0.5) is 13.2 Å². The Kier molecular flexibility index (Phi) is 5.73. The van der Waals surface area contributed by atoms with Crippen LogP contribution in [0.1, 0.15) is 28.9 Å². The number of hydrogen-bond acceptors (Lipinski definition) is 3. The third-order valence-corrected chi connectivity index (χ3v) is 4.59. The van der Waals surface area contributed by atoms with Crippen LogP contribution in [0.3, 0.4) is 0 Å². The fraction of sp³-hybridized carbons (Fsp3) is 0.316. The lowest BCUT2D eigenvalue weighted by Gasteiger charge is -2.31. The number of likely N-dealkylation sites (tertiary alicyclic amines) is 1. The van der Waals surface area contributed by atoms with Gasteiger partial charge in [-0.15, -0.1) is 0 Å². The van der Waals surface area contributed by atoms with E-state index in [0.29, 0.717) is 19.4 Å². The van der Waals surface area contributed by atoms with Crippen molar-refractivity contribution in [3.63, 3.8) is 0 Å². The average molecular weight is 377 g/mol. The van der Waals surface area contributed by atoms with Crippen LogP contribution in [-0.4, -0.2) is 34.8 Å². The highest BCUT2D eigenvalue weighted by atomic mass is 19.2. The van der Waals surface area contributed by atoms with Crippen molar-refractivity contribution in [2.45, 2.75) is 19.4 Å². The molecule has 0 saturated carbocycles. The predicted octanol–water partition coefficient (Wildman–Crippen LogP) is 2.67. The molecular formula is C19H18F3N3O2. The Bertz CT molecular complexity index is 838. The zero-order valence-corrected chi connectivity index (χ0v) is 14.4. The number of nitrogens with zero attached hydrogens (tertiary/aromatic N) is 2.